The third kappa shape index (κ3) is 2.85. The number of carbonyl (C=O) groups is 3. The zero-order chi connectivity index (χ0) is 20.0. The van der Waals surface area contributed by atoms with Crippen molar-refractivity contribution < 1.29 is 23.9 Å². The molecule has 0 aromatic heterocycles. The lowest BCUT2D eigenvalue weighted by Crippen LogP contribution is -2.60. The molecule has 146 valence electrons. The maximum absolute atomic E-state index is 13.0. The summed E-state index contributed by atoms with van der Waals surface area (Å²) < 4.78 is 10.4. The van der Waals surface area contributed by atoms with Crippen molar-refractivity contribution in [2.24, 2.45) is 16.7 Å². The molecule has 3 rings (SSSR count). The van der Waals surface area contributed by atoms with E-state index in [2.05, 4.69) is 5.32 Å². The van der Waals surface area contributed by atoms with Crippen LogP contribution in [0.1, 0.15) is 33.6 Å². The van der Waals surface area contributed by atoms with E-state index >= 15 is 0 Å². The summed E-state index contributed by atoms with van der Waals surface area (Å²) in [4.78, 5) is 39.4. The lowest BCUT2D eigenvalue weighted by Gasteiger charge is -2.47. The number of fused-ring (bicyclic) bond motifs is 2. The molecule has 1 heterocycles. The van der Waals surface area contributed by atoms with Crippen LogP contribution >= 0.6 is 0 Å². The van der Waals surface area contributed by atoms with E-state index in [1.54, 1.807) is 18.2 Å². The van der Waals surface area contributed by atoms with E-state index in [0.29, 0.717) is 30.0 Å². The molecule has 1 aliphatic carbocycles. The summed E-state index contributed by atoms with van der Waals surface area (Å²) in [5.74, 6) is -0.131. The average Bonchev–Trinajstić information content (AvgIpc) is 2.82. The molecule has 2 bridgehead atoms. The molecule has 2 unspecified atom stereocenters. The molecule has 1 saturated carbocycles. The summed E-state index contributed by atoms with van der Waals surface area (Å²) in [7, 11) is 3.03. The molecule has 2 aliphatic rings. The fourth-order valence-electron chi connectivity index (χ4n) is 4.31. The summed E-state index contributed by atoms with van der Waals surface area (Å²) in [6, 6.07) is 4.98. The molecule has 1 aliphatic heterocycles. The zero-order valence-corrected chi connectivity index (χ0v) is 16.4. The molecule has 1 saturated heterocycles. The van der Waals surface area contributed by atoms with Gasteiger partial charge in [0.1, 0.15) is 6.54 Å². The Kier molecular flexibility index (Phi) is 4.66. The minimum Gasteiger partial charge on any atom is -0.493 e. The molecule has 1 N–H and O–H groups in total. The van der Waals surface area contributed by atoms with Gasteiger partial charge >= 0.3 is 0 Å². The van der Waals surface area contributed by atoms with Gasteiger partial charge in [-0.05, 0) is 30.4 Å². The van der Waals surface area contributed by atoms with Crippen LogP contribution < -0.4 is 14.8 Å². The second kappa shape index (κ2) is 6.55. The van der Waals surface area contributed by atoms with Gasteiger partial charge in [-0.1, -0.05) is 20.8 Å². The van der Waals surface area contributed by atoms with E-state index in [-0.39, 0.29) is 24.3 Å². The number of rotatable bonds is 5. The predicted octanol–water partition coefficient (Wildman–Crippen LogP) is 2.45. The number of nitrogens with zero attached hydrogens (tertiary/aromatic N) is 1. The first-order chi connectivity index (χ1) is 12.7. The van der Waals surface area contributed by atoms with Gasteiger partial charge in [-0.15, -0.1) is 0 Å². The zero-order valence-electron chi connectivity index (χ0n) is 16.4. The summed E-state index contributed by atoms with van der Waals surface area (Å²) in [6.45, 7) is 5.57. The Labute approximate surface area is 159 Å². The Bertz CT molecular complexity index is 804. The molecule has 7 heteroatoms. The number of anilines is 1. The molecule has 1 aromatic rings. The van der Waals surface area contributed by atoms with Crippen molar-refractivity contribution in [1.29, 1.82) is 0 Å². The first-order valence-electron chi connectivity index (χ1n) is 9.03. The average molecular weight is 374 g/mol. The van der Waals surface area contributed by atoms with Crippen LogP contribution in [0.3, 0.4) is 0 Å². The van der Waals surface area contributed by atoms with E-state index in [0.717, 1.165) is 4.90 Å². The Balaban J connectivity index is 1.75. The van der Waals surface area contributed by atoms with Gasteiger partial charge in [-0.3, -0.25) is 19.3 Å². The molecule has 2 fully saturated rings. The maximum Gasteiger partial charge on any atom is 0.244 e. The quantitative estimate of drug-likeness (QED) is 0.800. The Morgan fingerprint density at radius 3 is 2.48 bits per heavy atom. The van der Waals surface area contributed by atoms with E-state index < -0.39 is 16.7 Å². The summed E-state index contributed by atoms with van der Waals surface area (Å²) in [6.07, 6.45) is 1.35. The Hall–Kier alpha value is -2.57. The molecule has 0 spiro atoms. The maximum atomic E-state index is 13.0. The first kappa shape index (κ1) is 19.2. The molecule has 1 aromatic carbocycles. The van der Waals surface area contributed by atoms with Gasteiger partial charge in [0.05, 0.1) is 19.6 Å². The number of nitrogens with one attached hydrogen (secondary N) is 1. The van der Waals surface area contributed by atoms with E-state index in [1.807, 2.05) is 20.8 Å². The second-order valence-corrected chi connectivity index (χ2v) is 7.99. The lowest BCUT2D eigenvalue weighted by molar-refractivity contribution is -0.168. The minimum atomic E-state index is -0.616. The van der Waals surface area contributed by atoms with E-state index in [4.69, 9.17) is 9.47 Å². The van der Waals surface area contributed by atoms with Crippen LogP contribution in [0.15, 0.2) is 18.2 Å². The smallest absolute Gasteiger partial charge is 0.244 e. The normalized spacial score (nSPS) is 26.1. The molecule has 27 heavy (non-hydrogen) atoms. The van der Waals surface area contributed by atoms with Gasteiger partial charge in [0.25, 0.3) is 0 Å². The summed E-state index contributed by atoms with van der Waals surface area (Å²) in [5.41, 5.74) is -0.503. The van der Waals surface area contributed by atoms with Crippen LogP contribution in [-0.4, -0.2) is 43.4 Å². The Morgan fingerprint density at radius 2 is 1.85 bits per heavy atom. The fraction of sp³-hybridized carbons (Fsp3) is 0.550. The molecule has 3 amide bonds. The van der Waals surface area contributed by atoms with E-state index in [9.17, 15) is 14.4 Å². The topological polar surface area (TPSA) is 84.9 Å². The molecular weight excluding hydrogens is 348 g/mol. The van der Waals surface area contributed by atoms with Gasteiger partial charge in [0.15, 0.2) is 11.5 Å². The van der Waals surface area contributed by atoms with Crippen molar-refractivity contribution in [2.45, 2.75) is 33.6 Å². The second-order valence-electron chi connectivity index (χ2n) is 7.99. The number of methoxy groups -OCH3 is 2. The SMILES string of the molecule is COc1ccc(NC(=O)CN2C(=O)C3CCC(C)(C2=O)C3(C)C)cc1OC. The highest BCUT2D eigenvalue weighted by Gasteiger charge is 2.64. The highest BCUT2D eigenvalue weighted by Crippen LogP contribution is 2.59. The number of likely N-dealkylation sites (tertiary alicyclic amines) is 1. The highest BCUT2D eigenvalue weighted by atomic mass is 16.5. The lowest BCUT2D eigenvalue weighted by atomic mass is 9.62. The standard InChI is InChI=1S/C20H26N2O5/c1-19(2)13-8-9-20(19,3)18(25)22(17(13)24)11-16(23)21-12-6-7-14(26-4)15(10-12)27-5/h6-7,10,13H,8-9,11H2,1-5H3,(H,21,23). The molecule has 2 atom stereocenters. The number of hydrogen-bond acceptors (Lipinski definition) is 5. The fourth-order valence-corrected chi connectivity index (χ4v) is 4.31. The van der Waals surface area contributed by atoms with Crippen LogP contribution in [0.4, 0.5) is 5.69 Å². The Morgan fingerprint density at radius 1 is 1.19 bits per heavy atom. The highest BCUT2D eigenvalue weighted by molar-refractivity contribution is 6.07. The summed E-state index contributed by atoms with van der Waals surface area (Å²) in [5, 5.41) is 2.72. The number of piperidine rings is 1. The van der Waals surface area contributed by atoms with Crippen LogP contribution in [0.5, 0.6) is 11.5 Å². The van der Waals surface area contributed by atoms with Crippen molar-refractivity contribution >= 4 is 23.4 Å². The summed E-state index contributed by atoms with van der Waals surface area (Å²) >= 11 is 0. The monoisotopic (exact) mass is 374 g/mol. The number of benzene rings is 1. The molecule has 7 nitrogen and oxygen atoms in total. The largest absolute Gasteiger partial charge is 0.493 e. The van der Waals surface area contributed by atoms with Gasteiger partial charge in [0, 0.05) is 17.7 Å². The van der Waals surface area contributed by atoms with Crippen LogP contribution in [-0.2, 0) is 14.4 Å². The van der Waals surface area contributed by atoms with Gasteiger partial charge in [-0.2, -0.15) is 0 Å². The van der Waals surface area contributed by atoms with Crippen molar-refractivity contribution in [3.8, 4) is 11.5 Å². The van der Waals surface area contributed by atoms with Gasteiger partial charge in [-0.25, -0.2) is 0 Å². The number of carbonyl (C=O) groups excluding carboxylic acids is 3. The molecular formula is C20H26N2O5. The number of amides is 3. The van der Waals surface area contributed by atoms with Gasteiger partial charge < -0.3 is 14.8 Å². The third-order valence-electron chi connectivity index (χ3n) is 6.48. The first-order valence-corrected chi connectivity index (χ1v) is 9.03. The third-order valence-corrected chi connectivity index (χ3v) is 6.48. The van der Waals surface area contributed by atoms with Crippen molar-refractivity contribution in [2.75, 3.05) is 26.1 Å². The van der Waals surface area contributed by atoms with Crippen LogP contribution in [0.2, 0.25) is 0 Å². The van der Waals surface area contributed by atoms with Crippen molar-refractivity contribution in [3.05, 3.63) is 18.2 Å². The van der Waals surface area contributed by atoms with Crippen molar-refractivity contribution in [1.82, 2.24) is 4.90 Å². The predicted molar refractivity (Wildman–Crippen MR) is 99.5 cm³/mol. The van der Waals surface area contributed by atoms with E-state index in [1.165, 1.54) is 14.2 Å². The molecule has 0 radical (unpaired) electrons. The van der Waals surface area contributed by atoms with Crippen LogP contribution in [0.25, 0.3) is 0 Å². The van der Waals surface area contributed by atoms with Crippen LogP contribution in [0, 0.1) is 16.7 Å². The van der Waals surface area contributed by atoms with Crippen molar-refractivity contribution in [3.63, 3.8) is 0 Å². The van der Waals surface area contributed by atoms with Gasteiger partial charge in [0.2, 0.25) is 17.7 Å². The number of hydrogen-bond donors (Lipinski definition) is 1. The number of imide groups is 1. The minimum absolute atomic E-state index is 0.228. The number of ether oxygens (including phenoxy) is 2.